The molecule has 0 fully saturated rings. The van der Waals surface area contributed by atoms with E-state index >= 15 is 0 Å². The number of fused-ring (bicyclic) bond motifs is 6. The van der Waals surface area contributed by atoms with Gasteiger partial charge in [0.1, 0.15) is 11.2 Å². The summed E-state index contributed by atoms with van der Waals surface area (Å²) in [6.07, 6.45) is 0. The van der Waals surface area contributed by atoms with Crippen molar-refractivity contribution >= 4 is 60.8 Å². The van der Waals surface area contributed by atoms with Gasteiger partial charge in [0.05, 0.1) is 16.7 Å². The summed E-state index contributed by atoms with van der Waals surface area (Å²) in [5, 5.41) is 4.75. The normalized spacial score (nSPS) is 11.5. The van der Waals surface area contributed by atoms with Crippen LogP contribution in [0.15, 0.2) is 296 Å². The van der Waals surface area contributed by atoms with Gasteiger partial charge in [0.2, 0.25) is 0 Å². The molecule has 2 aromatic heterocycles. The van der Waals surface area contributed by atoms with Gasteiger partial charge in [0.15, 0.2) is 0 Å². The molecule has 75 heavy (non-hydrogen) atoms. The third-order valence-corrected chi connectivity index (χ3v) is 14.8. The summed E-state index contributed by atoms with van der Waals surface area (Å²) in [5.41, 5.74) is 22.5. The molecular formula is C72H48N2O. The van der Waals surface area contributed by atoms with Crippen LogP contribution in [0.2, 0.25) is 0 Å². The van der Waals surface area contributed by atoms with E-state index in [1.54, 1.807) is 0 Å². The predicted octanol–water partition coefficient (Wildman–Crippen LogP) is 20.2. The highest BCUT2D eigenvalue weighted by atomic mass is 16.3. The smallest absolute Gasteiger partial charge is 0.143 e. The van der Waals surface area contributed by atoms with Crippen molar-refractivity contribution in [1.29, 1.82) is 0 Å². The lowest BCUT2D eigenvalue weighted by Crippen LogP contribution is -2.09. The Morgan fingerprint density at radius 3 is 1.23 bits per heavy atom. The maximum Gasteiger partial charge on any atom is 0.143 e. The van der Waals surface area contributed by atoms with E-state index < -0.39 is 0 Å². The van der Waals surface area contributed by atoms with Gasteiger partial charge >= 0.3 is 0 Å². The van der Waals surface area contributed by atoms with Gasteiger partial charge in [-0.25, -0.2) is 0 Å². The van der Waals surface area contributed by atoms with Crippen LogP contribution in [0.4, 0.5) is 17.1 Å². The molecule has 0 N–H and O–H groups in total. The highest BCUT2D eigenvalue weighted by molar-refractivity contribution is 6.11. The Bertz CT molecular complexity index is 4310. The quantitative estimate of drug-likeness (QED) is 0.136. The lowest BCUT2D eigenvalue weighted by atomic mass is 9.97. The summed E-state index contributed by atoms with van der Waals surface area (Å²) >= 11 is 0. The number of anilines is 3. The van der Waals surface area contributed by atoms with Crippen molar-refractivity contribution in [3.05, 3.63) is 291 Å². The molecule has 0 aliphatic heterocycles. The SMILES string of the molecule is c1ccc(-c2cccc(-c3ccc(N(c4ccc(-c5ccc(-c6cccc7c6oc6ccccc67)cc5)cc4)c4ccc(-c5ccc(-c6ccccc6)cc5-n5c6ccccc6c6ccccc65)cc4)cc3)c2)cc1. The standard InChI is InChI=1S/C72H48N2O/c1-3-15-49(16-4-1)56-19-13-20-57(47-56)53-35-42-60(43-36-53)73(59-40-33-52(34-41-59)51-29-31-55(32-30-51)63-24-14-25-67-66-23-9-12-28-71(66)75-72(63)67)61-44-37-54(38-45-61)62-46-39-58(50-17-5-2-6-18-50)48-70(62)74-68-26-10-7-21-64(68)65-22-8-11-27-69(65)74/h1-48H. The first-order chi connectivity index (χ1) is 37.2. The first-order valence-corrected chi connectivity index (χ1v) is 25.6. The third kappa shape index (κ3) is 7.95. The Labute approximate surface area is 436 Å². The monoisotopic (exact) mass is 956 g/mol. The Balaban J connectivity index is 0.843. The molecule has 0 unspecified atom stereocenters. The molecule has 2 heterocycles. The van der Waals surface area contributed by atoms with Gasteiger partial charge in [-0.3, -0.25) is 0 Å². The summed E-state index contributed by atoms with van der Waals surface area (Å²) in [7, 11) is 0. The van der Waals surface area contributed by atoms with Crippen LogP contribution in [0.25, 0.3) is 116 Å². The number of para-hydroxylation sites is 4. The van der Waals surface area contributed by atoms with E-state index in [0.717, 1.165) is 78.1 Å². The molecule has 0 amide bonds. The largest absolute Gasteiger partial charge is 0.455 e. The summed E-state index contributed by atoms with van der Waals surface area (Å²) in [6.45, 7) is 0. The van der Waals surface area contributed by atoms with Gasteiger partial charge < -0.3 is 13.9 Å². The van der Waals surface area contributed by atoms with Crippen molar-refractivity contribution < 1.29 is 4.42 Å². The zero-order chi connectivity index (χ0) is 49.7. The van der Waals surface area contributed by atoms with Crippen LogP contribution in [0, 0.1) is 0 Å². The maximum absolute atomic E-state index is 6.40. The fraction of sp³-hybridized carbons (Fsp3) is 0. The van der Waals surface area contributed by atoms with Crippen LogP contribution in [-0.2, 0) is 0 Å². The number of hydrogen-bond donors (Lipinski definition) is 0. The second-order valence-electron chi connectivity index (χ2n) is 19.2. The fourth-order valence-electron chi connectivity index (χ4n) is 11.1. The van der Waals surface area contributed by atoms with E-state index in [0.29, 0.717) is 0 Å². The minimum Gasteiger partial charge on any atom is -0.455 e. The number of furan rings is 1. The molecule has 0 aliphatic carbocycles. The Morgan fingerprint density at radius 2 is 0.640 bits per heavy atom. The molecule has 0 aliphatic rings. The number of rotatable bonds is 10. The second kappa shape index (κ2) is 18.6. The lowest BCUT2D eigenvalue weighted by Gasteiger charge is -2.26. The van der Waals surface area contributed by atoms with Crippen LogP contribution >= 0.6 is 0 Å². The molecule has 3 nitrogen and oxygen atoms in total. The highest BCUT2D eigenvalue weighted by Gasteiger charge is 2.19. The van der Waals surface area contributed by atoms with E-state index in [1.807, 2.05) is 12.1 Å². The minimum atomic E-state index is 0.907. The fourth-order valence-corrected chi connectivity index (χ4v) is 11.1. The molecule has 0 atom stereocenters. The van der Waals surface area contributed by atoms with Crippen molar-refractivity contribution in [3.63, 3.8) is 0 Å². The summed E-state index contributed by atoms with van der Waals surface area (Å²) in [6, 6.07) is 105. The average Bonchev–Trinajstić information content (AvgIpc) is 4.05. The molecule has 0 saturated carbocycles. The number of hydrogen-bond acceptors (Lipinski definition) is 2. The molecule has 0 radical (unpaired) electrons. The number of benzene rings is 12. The van der Waals surface area contributed by atoms with E-state index in [2.05, 4.69) is 289 Å². The van der Waals surface area contributed by atoms with Crippen LogP contribution in [0.3, 0.4) is 0 Å². The Hall–Kier alpha value is -9.96. The number of nitrogens with zero attached hydrogens (tertiary/aromatic N) is 2. The minimum absolute atomic E-state index is 0.907. The molecule has 3 heteroatoms. The maximum atomic E-state index is 6.40. The van der Waals surface area contributed by atoms with E-state index in [9.17, 15) is 0 Å². The van der Waals surface area contributed by atoms with E-state index in [4.69, 9.17) is 4.42 Å². The van der Waals surface area contributed by atoms with Gasteiger partial charge in [0, 0.05) is 49.7 Å². The second-order valence-corrected chi connectivity index (χ2v) is 19.2. The van der Waals surface area contributed by atoms with Gasteiger partial charge in [-0.2, -0.15) is 0 Å². The van der Waals surface area contributed by atoms with Crippen molar-refractivity contribution in [2.24, 2.45) is 0 Å². The van der Waals surface area contributed by atoms with Crippen LogP contribution in [0.1, 0.15) is 0 Å². The topological polar surface area (TPSA) is 21.3 Å². The Kier molecular flexibility index (Phi) is 10.8. The van der Waals surface area contributed by atoms with Gasteiger partial charge in [-0.05, 0) is 122 Å². The van der Waals surface area contributed by atoms with Crippen LogP contribution < -0.4 is 4.90 Å². The molecule has 0 saturated heterocycles. The first-order valence-electron chi connectivity index (χ1n) is 25.6. The predicted molar refractivity (Wildman–Crippen MR) is 315 cm³/mol. The molecular weight excluding hydrogens is 909 g/mol. The lowest BCUT2D eigenvalue weighted by molar-refractivity contribution is 0.670. The molecule has 0 spiro atoms. The summed E-state index contributed by atoms with van der Waals surface area (Å²) in [4.78, 5) is 2.36. The zero-order valence-corrected chi connectivity index (χ0v) is 41.0. The van der Waals surface area contributed by atoms with Crippen molar-refractivity contribution in [1.82, 2.24) is 4.57 Å². The van der Waals surface area contributed by atoms with E-state index in [1.165, 1.54) is 55.2 Å². The molecule has 0 bridgehead atoms. The molecule has 12 aromatic carbocycles. The first kappa shape index (κ1) is 43.8. The van der Waals surface area contributed by atoms with Gasteiger partial charge in [-0.15, -0.1) is 0 Å². The molecule has 14 rings (SSSR count). The molecule has 14 aromatic rings. The van der Waals surface area contributed by atoms with Crippen LogP contribution in [0.5, 0.6) is 0 Å². The number of aromatic nitrogens is 1. The summed E-state index contributed by atoms with van der Waals surface area (Å²) in [5.74, 6) is 0. The van der Waals surface area contributed by atoms with Crippen LogP contribution in [-0.4, -0.2) is 4.57 Å². The van der Waals surface area contributed by atoms with Gasteiger partial charge in [-0.1, -0.05) is 224 Å². The van der Waals surface area contributed by atoms with Crippen molar-refractivity contribution in [2.45, 2.75) is 0 Å². The highest BCUT2D eigenvalue weighted by Crippen LogP contribution is 2.42. The average molecular weight is 957 g/mol. The van der Waals surface area contributed by atoms with Crippen molar-refractivity contribution in [2.75, 3.05) is 4.90 Å². The third-order valence-electron chi connectivity index (χ3n) is 14.8. The Morgan fingerprint density at radius 1 is 0.253 bits per heavy atom. The molecule has 352 valence electrons. The van der Waals surface area contributed by atoms with Gasteiger partial charge in [0.25, 0.3) is 0 Å². The van der Waals surface area contributed by atoms with Crippen molar-refractivity contribution in [3.8, 4) is 72.4 Å². The van der Waals surface area contributed by atoms with E-state index in [-0.39, 0.29) is 0 Å². The summed E-state index contributed by atoms with van der Waals surface area (Å²) < 4.78 is 8.85. The zero-order valence-electron chi connectivity index (χ0n) is 41.0.